The predicted molar refractivity (Wildman–Crippen MR) is 33.7 cm³/mol. The van der Waals surface area contributed by atoms with E-state index in [1.54, 1.807) is 0 Å². The summed E-state index contributed by atoms with van der Waals surface area (Å²) < 4.78 is 0. The molecule has 0 aromatic carbocycles. The summed E-state index contributed by atoms with van der Waals surface area (Å²) in [4.78, 5) is 18.8. The molecule has 6 heteroatoms. The summed E-state index contributed by atoms with van der Waals surface area (Å²) >= 11 is 0. The van der Waals surface area contributed by atoms with Crippen LogP contribution in [0.4, 0.5) is 0 Å². The zero-order valence-corrected chi connectivity index (χ0v) is 5.35. The van der Waals surface area contributed by atoms with E-state index in [1.165, 1.54) is 0 Å². The van der Waals surface area contributed by atoms with Gasteiger partial charge in [-0.1, -0.05) is 5.73 Å². The molecule has 6 nitrogen and oxygen atoms in total. The van der Waals surface area contributed by atoms with Crippen LogP contribution in [0.2, 0.25) is 0 Å². The number of carboxylic acid groups (broad SMARTS) is 1. The van der Waals surface area contributed by atoms with Gasteiger partial charge >= 0.3 is 5.97 Å². The third-order valence-electron chi connectivity index (χ3n) is 0.682. The van der Waals surface area contributed by atoms with E-state index in [4.69, 9.17) is 10.2 Å². The molecule has 0 saturated heterocycles. The van der Waals surface area contributed by atoms with Crippen molar-refractivity contribution >= 4 is 5.97 Å². The number of nitrogens with zero attached hydrogens (tertiary/aromatic N) is 1. The van der Waals surface area contributed by atoms with Gasteiger partial charge in [0.1, 0.15) is 0 Å². The molecule has 0 atom stereocenters. The molecular formula is C5H5NO5. The molecule has 0 amide bonds. The van der Waals surface area contributed by atoms with E-state index in [0.717, 1.165) is 6.08 Å². The molecule has 0 heterocycles. The molecule has 0 aromatic rings. The van der Waals surface area contributed by atoms with Crippen LogP contribution < -0.4 is 0 Å². The van der Waals surface area contributed by atoms with Crippen molar-refractivity contribution < 1.29 is 19.9 Å². The van der Waals surface area contributed by atoms with Crippen molar-refractivity contribution in [3.8, 4) is 0 Å². The molecule has 0 aliphatic rings. The van der Waals surface area contributed by atoms with Crippen LogP contribution >= 0.6 is 0 Å². The van der Waals surface area contributed by atoms with Gasteiger partial charge in [0.15, 0.2) is 0 Å². The second-order valence-electron chi connectivity index (χ2n) is 1.52. The van der Waals surface area contributed by atoms with Crippen LogP contribution in [0.25, 0.3) is 0 Å². The minimum Gasteiger partial charge on any atom is -0.496 e. The zero-order chi connectivity index (χ0) is 8.85. The topological polar surface area (TPSA) is 101 Å². The maximum Gasteiger partial charge on any atom is 0.379 e. The van der Waals surface area contributed by atoms with Crippen molar-refractivity contribution in [3.63, 3.8) is 0 Å². The highest BCUT2D eigenvalue weighted by Crippen LogP contribution is 1.82. The Hall–Kier alpha value is -1.81. The van der Waals surface area contributed by atoms with Gasteiger partial charge in [0.2, 0.25) is 12.3 Å². The lowest BCUT2D eigenvalue weighted by atomic mass is 10.5. The van der Waals surface area contributed by atoms with Crippen molar-refractivity contribution in [2.24, 2.45) is 0 Å². The van der Waals surface area contributed by atoms with E-state index in [1.807, 2.05) is 5.73 Å². The van der Waals surface area contributed by atoms with Crippen molar-refractivity contribution in [1.82, 2.24) is 0 Å². The van der Waals surface area contributed by atoms with Crippen LogP contribution in [0.5, 0.6) is 0 Å². The minimum absolute atomic E-state index is 0.558. The summed E-state index contributed by atoms with van der Waals surface area (Å²) in [6.07, 6.45) is 0.823. The van der Waals surface area contributed by atoms with Gasteiger partial charge in [-0.2, -0.15) is 0 Å². The highest BCUT2D eigenvalue weighted by atomic mass is 16.6. The van der Waals surface area contributed by atoms with Gasteiger partial charge in [0.05, 0.1) is 0 Å². The molecule has 0 unspecified atom stereocenters. The second kappa shape index (κ2) is 4.08. The van der Waals surface area contributed by atoms with Crippen LogP contribution in [0.15, 0.2) is 17.6 Å². The van der Waals surface area contributed by atoms with E-state index < -0.39 is 23.2 Å². The molecule has 0 aliphatic heterocycles. The Morgan fingerprint density at radius 3 is 2.55 bits per heavy atom. The van der Waals surface area contributed by atoms with E-state index in [9.17, 15) is 14.9 Å². The van der Waals surface area contributed by atoms with Crippen LogP contribution in [-0.4, -0.2) is 27.7 Å². The predicted octanol–water partition coefficient (Wildman–Crippen LogP) is -0.0553. The molecule has 0 bridgehead atoms. The first kappa shape index (κ1) is 9.19. The first-order valence-corrected chi connectivity index (χ1v) is 2.53. The number of aliphatic hydroxyl groups is 1. The molecule has 11 heavy (non-hydrogen) atoms. The number of carbonyl (C=O) groups is 1. The second-order valence-corrected chi connectivity index (χ2v) is 1.52. The maximum atomic E-state index is 9.84. The summed E-state index contributed by atoms with van der Waals surface area (Å²) in [5.41, 5.74) is 1.82. The fraction of sp³-hybridized carbons (Fsp3) is 0.200. The van der Waals surface area contributed by atoms with Crippen molar-refractivity contribution in [3.05, 3.63) is 27.7 Å². The Morgan fingerprint density at radius 2 is 2.18 bits per heavy atom. The van der Waals surface area contributed by atoms with Gasteiger partial charge in [-0.3, -0.25) is 10.1 Å². The highest BCUT2D eigenvalue weighted by Gasteiger charge is 2.00. The smallest absolute Gasteiger partial charge is 0.379 e. The molecule has 0 radical (unpaired) electrons. The van der Waals surface area contributed by atoms with Gasteiger partial charge in [-0.25, -0.2) is 4.79 Å². The number of hydrogen-bond donors (Lipinski definition) is 2. The Morgan fingerprint density at radius 1 is 1.64 bits per heavy atom. The highest BCUT2D eigenvalue weighted by molar-refractivity contribution is 5.83. The van der Waals surface area contributed by atoms with Gasteiger partial charge in [-0.15, -0.1) is 0 Å². The molecule has 0 aliphatic carbocycles. The average Bonchev–Trinajstić information content (AvgIpc) is 1.86. The van der Waals surface area contributed by atoms with Gasteiger partial charge in [0.25, 0.3) is 0 Å². The van der Waals surface area contributed by atoms with Gasteiger partial charge < -0.3 is 10.2 Å². The Kier molecular flexibility index (Phi) is 3.41. The first-order valence-electron chi connectivity index (χ1n) is 2.53. The number of aliphatic carboxylic acids is 1. The van der Waals surface area contributed by atoms with Gasteiger partial charge in [-0.05, 0) is 0 Å². The molecule has 0 fully saturated rings. The SMILES string of the molecule is O=C(O)C(O)=C=CC[N+](=O)[O-]. The fourth-order valence-corrected chi connectivity index (χ4v) is 0.279. The molecule has 0 saturated carbocycles. The Labute approximate surface area is 61.2 Å². The third-order valence-corrected chi connectivity index (χ3v) is 0.682. The summed E-state index contributed by atoms with van der Waals surface area (Å²) in [6, 6.07) is 0. The number of nitro groups is 1. The minimum atomic E-state index is -1.57. The summed E-state index contributed by atoms with van der Waals surface area (Å²) in [7, 11) is 0. The lowest BCUT2D eigenvalue weighted by Crippen LogP contribution is -1.98. The Balaban J connectivity index is 4.18. The van der Waals surface area contributed by atoms with E-state index in [2.05, 4.69) is 0 Å². The molecule has 0 spiro atoms. The van der Waals surface area contributed by atoms with Crippen LogP contribution in [0.3, 0.4) is 0 Å². The number of hydrogen-bond acceptors (Lipinski definition) is 4. The quantitative estimate of drug-likeness (QED) is 0.197. The molecule has 0 aromatic heterocycles. The summed E-state index contributed by atoms with van der Waals surface area (Å²) in [6.45, 7) is -0.558. The largest absolute Gasteiger partial charge is 0.496 e. The van der Waals surface area contributed by atoms with Crippen LogP contribution in [0, 0.1) is 10.1 Å². The standard InChI is InChI=1S/C5H5NO5/c7-4(5(8)9)2-1-3-6(10)11/h1,7H,3H2,(H,8,9). The summed E-state index contributed by atoms with van der Waals surface area (Å²) in [5, 5.41) is 26.0. The molecular weight excluding hydrogens is 154 g/mol. The van der Waals surface area contributed by atoms with Crippen LogP contribution in [0.1, 0.15) is 0 Å². The Bertz CT molecular complexity index is 237. The monoisotopic (exact) mass is 159 g/mol. The average molecular weight is 159 g/mol. The maximum absolute atomic E-state index is 9.84. The van der Waals surface area contributed by atoms with E-state index in [0.29, 0.717) is 0 Å². The normalized spacial score (nSPS) is 8.00. The van der Waals surface area contributed by atoms with Gasteiger partial charge in [0, 0.05) is 11.0 Å². The fourth-order valence-electron chi connectivity index (χ4n) is 0.279. The van der Waals surface area contributed by atoms with Crippen LogP contribution in [-0.2, 0) is 4.79 Å². The number of aliphatic hydroxyl groups excluding tert-OH is 1. The third kappa shape index (κ3) is 4.68. The lowest BCUT2D eigenvalue weighted by molar-refractivity contribution is -0.468. The first-order chi connectivity index (χ1) is 5.04. The van der Waals surface area contributed by atoms with Crippen molar-refractivity contribution in [2.75, 3.05) is 6.54 Å². The molecule has 0 rings (SSSR count). The number of rotatable bonds is 3. The molecule has 2 N–H and O–H groups in total. The van der Waals surface area contributed by atoms with E-state index >= 15 is 0 Å². The van der Waals surface area contributed by atoms with Crippen molar-refractivity contribution in [2.45, 2.75) is 0 Å². The zero-order valence-electron chi connectivity index (χ0n) is 5.35. The summed E-state index contributed by atoms with van der Waals surface area (Å²) in [5.74, 6) is -2.60. The number of carboxylic acids is 1. The van der Waals surface area contributed by atoms with Crippen molar-refractivity contribution in [1.29, 1.82) is 0 Å². The lowest BCUT2D eigenvalue weighted by Gasteiger charge is -1.82. The molecule has 60 valence electrons. The van der Waals surface area contributed by atoms with E-state index in [-0.39, 0.29) is 0 Å².